The maximum atomic E-state index is 11.2. The van der Waals surface area contributed by atoms with E-state index < -0.39 is 0 Å². The molecule has 0 aromatic heterocycles. The normalized spacial score (nSPS) is 60.7. The van der Waals surface area contributed by atoms with Gasteiger partial charge >= 0.3 is 0 Å². The summed E-state index contributed by atoms with van der Waals surface area (Å²) in [6, 6.07) is 0.853. The van der Waals surface area contributed by atoms with Crippen molar-refractivity contribution in [2.75, 3.05) is 13.1 Å². The van der Waals surface area contributed by atoms with Crippen LogP contribution in [0.1, 0.15) is 78.6 Å². The first kappa shape index (κ1) is 20.5. The van der Waals surface area contributed by atoms with Gasteiger partial charge in [-0.2, -0.15) is 0 Å². The molecule has 2 N–H and O–H groups in total. The van der Waals surface area contributed by atoms with Gasteiger partial charge in [-0.15, -0.1) is 0 Å². The van der Waals surface area contributed by atoms with Gasteiger partial charge in [0.05, 0.1) is 12.2 Å². The molecular formula is C27H45NO2. The first-order valence-electron chi connectivity index (χ1n) is 13.5. The quantitative estimate of drug-likeness (QED) is 0.609. The van der Waals surface area contributed by atoms with Crippen LogP contribution in [0.3, 0.4) is 0 Å². The summed E-state index contributed by atoms with van der Waals surface area (Å²) in [6.07, 6.45) is 10.7. The lowest BCUT2D eigenvalue weighted by molar-refractivity contribution is -0.130. The highest BCUT2D eigenvalue weighted by Crippen LogP contribution is 2.67. The Hall–Kier alpha value is -0.120. The molecule has 0 radical (unpaired) electrons. The van der Waals surface area contributed by atoms with Crippen molar-refractivity contribution in [3.8, 4) is 0 Å². The molecule has 2 aliphatic heterocycles. The minimum absolute atomic E-state index is 0.180. The van der Waals surface area contributed by atoms with E-state index in [-0.39, 0.29) is 17.6 Å². The van der Waals surface area contributed by atoms with Gasteiger partial charge in [0.15, 0.2) is 0 Å². The predicted octanol–water partition coefficient (Wildman–Crippen LogP) is 4.56. The molecule has 13 atom stereocenters. The Kier molecular flexibility index (Phi) is 4.91. The first-order valence-corrected chi connectivity index (χ1v) is 13.5. The number of aliphatic hydroxyl groups excluding tert-OH is 2. The van der Waals surface area contributed by atoms with Crippen LogP contribution in [0, 0.1) is 58.7 Å². The van der Waals surface area contributed by atoms with Gasteiger partial charge in [-0.3, -0.25) is 4.90 Å². The molecule has 0 spiro atoms. The SMILES string of the molecule is C[C@H]1CC[C@H]2[C@H](C)[C@H]3CC[C@@H]4[C@@H](C[C@H]5[C@H]4C[C@H](O)[C@H]4C[C@H](O)CC[C@@]45C)[C@@H]3CN2C1. The van der Waals surface area contributed by atoms with Crippen molar-refractivity contribution in [3.05, 3.63) is 0 Å². The van der Waals surface area contributed by atoms with Gasteiger partial charge in [0.25, 0.3) is 0 Å². The van der Waals surface area contributed by atoms with Gasteiger partial charge in [0.2, 0.25) is 0 Å². The number of fused-ring (bicyclic) bond motifs is 8. The molecule has 6 aliphatic rings. The molecule has 0 unspecified atom stereocenters. The third kappa shape index (κ3) is 2.86. The third-order valence-corrected chi connectivity index (χ3v) is 12.0. The molecule has 4 saturated carbocycles. The number of hydrogen-bond acceptors (Lipinski definition) is 3. The second-order valence-electron chi connectivity index (χ2n) is 13.1. The molecule has 3 nitrogen and oxygen atoms in total. The van der Waals surface area contributed by atoms with Crippen molar-refractivity contribution < 1.29 is 10.2 Å². The van der Waals surface area contributed by atoms with Crippen LogP contribution in [0.15, 0.2) is 0 Å². The minimum atomic E-state index is -0.181. The highest BCUT2D eigenvalue weighted by molar-refractivity contribution is 5.12. The molecule has 0 aromatic rings. The molecule has 3 heteroatoms. The molecular weight excluding hydrogens is 370 g/mol. The smallest absolute Gasteiger partial charge is 0.0577 e. The number of rotatable bonds is 0. The predicted molar refractivity (Wildman–Crippen MR) is 120 cm³/mol. The Labute approximate surface area is 184 Å². The molecule has 0 aromatic carbocycles. The lowest BCUT2D eigenvalue weighted by atomic mass is 9.51. The molecule has 0 amide bonds. The summed E-state index contributed by atoms with van der Waals surface area (Å²) in [5.74, 6) is 7.22. The largest absolute Gasteiger partial charge is 0.393 e. The fourth-order valence-corrected chi connectivity index (χ4v) is 10.6. The molecule has 6 rings (SSSR count). The van der Waals surface area contributed by atoms with E-state index in [0.29, 0.717) is 5.92 Å². The van der Waals surface area contributed by atoms with E-state index in [9.17, 15) is 10.2 Å². The van der Waals surface area contributed by atoms with Gasteiger partial charge in [-0.05, 0) is 116 Å². The van der Waals surface area contributed by atoms with Crippen molar-refractivity contribution >= 4 is 0 Å². The summed E-state index contributed by atoms with van der Waals surface area (Å²) < 4.78 is 0. The van der Waals surface area contributed by atoms with Gasteiger partial charge in [-0.1, -0.05) is 20.8 Å². The molecule has 4 aliphatic carbocycles. The number of hydrogen-bond donors (Lipinski definition) is 2. The first-order chi connectivity index (χ1) is 14.4. The highest BCUT2D eigenvalue weighted by atomic mass is 16.3. The summed E-state index contributed by atoms with van der Waals surface area (Å²) in [5, 5.41) is 21.5. The van der Waals surface area contributed by atoms with Gasteiger partial charge in [0.1, 0.15) is 0 Å². The van der Waals surface area contributed by atoms with E-state index in [2.05, 4.69) is 25.7 Å². The average Bonchev–Trinajstić information content (AvgIpc) is 3.09. The number of aliphatic hydroxyl groups is 2. The second-order valence-corrected chi connectivity index (χ2v) is 13.1. The summed E-state index contributed by atoms with van der Waals surface area (Å²) in [6.45, 7) is 10.3. The monoisotopic (exact) mass is 415 g/mol. The van der Waals surface area contributed by atoms with Gasteiger partial charge < -0.3 is 10.2 Å². The maximum absolute atomic E-state index is 11.2. The minimum Gasteiger partial charge on any atom is -0.393 e. The summed E-state index contributed by atoms with van der Waals surface area (Å²) in [5.41, 5.74) is 0.261. The zero-order valence-corrected chi connectivity index (χ0v) is 19.5. The van der Waals surface area contributed by atoms with E-state index in [1.54, 1.807) is 0 Å². The number of piperidine rings is 2. The Bertz CT molecular complexity index is 665. The van der Waals surface area contributed by atoms with Gasteiger partial charge in [-0.25, -0.2) is 0 Å². The fourth-order valence-electron chi connectivity index (χ4n) is 10.6. The Morgan fingerprint density at radius 3 is 2.37 bits per heavy atom. The molecule has 6 fully saturated rings. The molecule has 0 bridgehead atoms. The van der Waals surface area contributed by atoms with Crippen LogP contribution >= 0.6 is 0 Å². The second kappa shape index (κ2) is 7.19. The fraction of sp³-hybridized carbons (Fsp3) is 1.00. The van der Waals surface area contributed by atoms with Crippen molar-refractivity contribution in [1.29, 1.82) is 0 Å². The van der Waals surface area contributed by atoms with Crippen LogP contribution < -0.4 is 0 Å². The highest BCUT2D eigenvalue weighted by Gasteiger charge is 2.62. The molecule has 2 heterocycles. The standard InChI is InChI=1S/C27H45NO2/c1-15-4-7-25-16(2)18-5-6-19-20(22(18)14-28(25)13-15)11-23-21(19)12-26(30)24-10-17(29)8-9-27(23,24)3/h15-26,29-30H,4-14H2,1-3H3/t15-,16+,17+,18+,19+,20+,21-,22+,23-,24+,25-,26-,27+/m0/s1. The summed E-state index contributed by atoms with van der Waals surface area (Å²) in [4.78, 5) is 2.92. The van der Waals surface area contributed by atoms with E-state index >= 15 is 0 Å². The average molecular weight is 416 g/mol. The zero-order valence-electron chi connectivity index (χ0n) is 19.5. The Morgan fingerprint density at radius 2 is 1.53 bits per heavy atom. The van der Waals surface area contributed by atoms with E-state index in [0.717, 1.165) is 79.1 Å². The van der Waals surface area contributed by atoms with Crippen LogP contribution in [-0.4, -0.2) is 46.5 Å². The van der Waals surface area contributed by atoms with Crippen LogP contribution in [-0.2, 0) is 0 Å². The third-order valence-electron chi connectivity index (χ3n) is 12.0. The maximum Gasteiger partial charge on any atom is 0.0577 e. The van der Waals surface area contributed by atoms with E-state index in [1.807, 2.05) is 0 Å². The molecule has 30 heavy (non-hydrogen) atoms. The Morgan fingerprint density at radius 1 is 0.733 bits per heavy atom. The van der Waals surface area contributed by atoms with Crippen molar-refractivity contribution in [3.63, 3.8) is 0 Å². The van der Waals surface area contributed by atoms with E-state index in [1.165, 1.54) is 45.2 Å². The Balaban J connectivity index is 1.28. The summed E-state index contributed by atoms with van der Waals surface area (Å²) in [7, 11) is 0. The lowest BCUT2D eigenvalue weighted by Gasteiger charge is -2.56. The van der Waals surface area contributed by atoms with Crippen molar-refractivity contribution in [2.45, 2.75) is 96.8 Å². The van der Waals surface area contributed by atoms with Crippen molar-refractivity contribution in [1.82, 2.24) is 4.90 Å². The topological polar surface area (TPSA) is 43.7 Å². The van der Waals surface area contributed by atoms with E-state index in [4.69, 9.17) is 0 Å². The van der Waals surface area contributed by atoms with Crippen LogP contribution in [0.5, 0.6) is 0 Å². The summed E-state index contributed by atoms with van der Waals surface area (Å²) >= 11 is 0. The molecule has 2 saturated heterocycles. The van der Waals surface area contributed by atoms with Crippen LogP contribution in [0.2, 0.25) is 0 Å². The molecule has 170 valence electrons. The van der Waals surface area contributed by atoms with Crippen molar-refractivity contribution in [2.24, 2.45) is 58.7 Å². The lowest BCUT2D eigenvalue weighted by Crippen LogP contribution is -2.58. The van der Waals surface area contributed by atoms with Crippen LogP contribution in [0.4, 0.5) is 0 Å². The zero-order chi connectivity index (χ0) is 20.8. The van der Waals surface area contributed by atoms with Crippen LogP contribution in [0.25, 0.3) is 0 Å². The number of nitrogens with zero attached hydrogens (tertiary/aromatic N) is 1. The van der Waals surface area contributed by atoms with Gasteiger partial charge in [0, 0.05) is 19.1 Å².